The van der Waals surface area contributed by atoms with Crippen LogP contribution in [0.15, 0.2) is 76.3 Å². The van der Waals surface area contributed by atoms with E-state index in [2.05, 4.69) is 10.1 Å². The number of hydrazone groups is 1. The van der Waals surface area contributed by atoms with E-state index in [1.54, 1.807) is 30.5 Å². The number of amides is 1. The second-order valence-electron chi connectivity index (χ2n) is 8.00. The number of nitrogens with zero attached hydrogens (tertiary/aromatic N) is 4. The van der Waals surface area contributed by atoms with Gasteiger partial charge in [-0.05, 0) is 61.5 Å². The average Bonchev–Trinajstić information content (AvgIpc) is 3.37. The van der Waals surface area contributed by atoms with E-state index in [0.29, 0.717) is 32.9 Å². The number of fused-ring (bicyclic) bond motifs is 1. The van der Waals surface area contributed by atoms with Gasteiger partial charge in [-0.15, -0.1) is 0 Å². The molecule has 1 amide bonds. The Kier molecular flexibility index (Phi) is 5.47. The van der Waals surface area contributed by atoms with Crippen molar-refractivity contribution in [2.24, 2.45) is 10.1 Å². The first-order valence-electron chi connectivity index (χ1n) is 10.6. The molecule has 1 N–H and O–H groups in total. The summed E-state index contributed by atoms with van der Waals surface area (Å²) in [6.45, 7) is 3.52. The highest BCUT2D eigenvalue weighted by atomic mass is 32.2. The molecule has 35 heavy (non-hydrogen) atoms. The molecule has 0 unspecified atom stereocenters. The molecule has 5 rings (SSSR count). The molecule has 0 saturated carbocycles. The lowest BCUT2D eigenvalue weighted by molar-refractivity contribution is -0.137. The Morgan fingerprint density at radius 3 is 2.49 bits per heavy atom. The molecule has 3 aromatic rings. The fourth-order valence-corrected chi connectivity index (χ4v) is 4.89. The normalized spacial score (nSPS) is 17.1. The Morgan fingerprint density at radius 1 is 1.03 bits per heavy atom. The zero-order chi connectivity index (χ0) is 24.9. The summed E-state index contributed by atoms with van der Waals surface area (Å²) in [5, 5.41) is 15.3. The van der Waals surface area contributed by atoms with E-state index in [-0.39, 0.29) is 11.4 Å². The quantitative estimate of drug-likeness (QED) is 0.470. The lowest BCUT2D eigenvalue weighted by Gasteiger charge is -2.20. The van der Waals surface area contributed by atoms with Crippen molar-refractivity contribution < 1.29 is 18.0 Å². The van der Waals surface area contributed by atoms with Crippen LogP contribution in [0.4, 0.5) is 13.2 Å². The summed E-state index contributed by atoms with van der Waals surface area (Å²) in [4.78, 5) is 16.9. The fraction of sp³-hybridized carbons (Fsp3) is 0.120. The Hall–Kier alpha value is -3.92. The first-order valence-corrected chi connectivity index (χ1v) is 11.4. The van der Waals surface area contributed by atoms with Crippen molar-refractivity contribution in [1.29, 1.82) is 5.41 Å². The van der Waals surface area contributed by atoms with Gasteiger partial charge in [-0.25, -0.2) is 0 Å². The van der Waals surface area contributed by atoms with Crippen LogP contribution >= 0.6 is 11.8 Å². The maximum atomic E-state index is 13.2. The Labute approximate surface area is 203 Å². The van der Waals surface area contributed by atoms with Gasteiger partial charge in [0.15, 0.2) is 5.84 Å². The number of aliphatic imine (C=N–C) groups is 1. The van der Waals surface area contributed by atoms with Gasteiger partial charge < -0.3 is 4.57 Å². The van der Waals surface area contributed by atoms with Crippen LogP contribution in [0.1, 0.15) is 28.1 Å². The molecule has 6 nitrogen and oxygen atoms in total. The minimum absolute atomic E-state index is 0.0525. The van der Waals surface area contributed by atoms with E-state index < -0.39 is 17.6 Å². The highest BCUT2D eigenvalue weighted by Crippen LogP contribution is 2.33. The zero-order valence-electron chi connectivity index (χ0n) is 18.6. The number of carbonyl (C=O) groups is 1. The maximum Gasteiger partial charge on any atom is 0.416 e. The summed E-state index contributed by atoms with van der Waals surface area (Å²) >= 11 is 1.21. The van der Waals surface area contributed by atoms with E-state index in [1.807, 2.05) is 30.3 Å². The lowest BCUT2D eigenvalue weighted by Crippen LogP contribution is -2.35. The minimum atomic E-state index is -4.46. The molecule has 10 heteroatoms. The van der Waals surface area contributed by atoms with Crippen LogP contribution < -0.4 is 0 Å². The van der Waals surface area contributed by atoms with Crippen molar-refractivity contribution >= 4 is 39.8 Å². The number of thioether (sulfide) groups is 1. The molecule has 2 aliphatic rings. The third-order valence-electron chi connectivity index (χ3n) is 5.68. The number of halogens is 3. The SMILES string of the molecule is Cc1cc(/C=C2\C(=N)N3N=C(c4ccccc4)SC3=NC2=O)c(C)n1-c1cccc(C(F)(F)F)c1. The monoisotopic (exact) mass is 493 g/mol. The molecule has 2 aliphatic heterocycles. The number of carbonyl (C=O) groups excluding carboxylic acids is 1. The second-order valence-corrected chi connectivity index (χ2v) is 8.96. The van der Waals surface area contributed by atoms with Crippen molar-refractivity contribution in [3.8, 4) is 5.69 Å². The molecule has 1 aromatic heterocycles. The second kappa shape index (κ2) is 8.38. The van der Waals surface area contributed by atoms with Gasteiger partial charge >= 0.3 is 6.18 Å². The molecule has 0 aliphatic carbocycles. The highest BCUT2D eigenvalue weighted by molar-refractivity contribution is 8.27. The Bertz CT molecular complexity index is 1470. The van der Waals surface area contributed by atoms with Crippen LogP contribution in [0.25, 0.3) is 11.8 Å². The van der Waals surface area contributed by atoms with Crippen molar-refractivity contribution in [3.63, 3.8) is 0 Å². The lowest BCUT2D eigenvalue weighted by atomic mass is 10.1. The maximum absolute atomic E-state index is 13.2. The third kappa shape index (κ3) is 4.10. The number of rotatable bonds is 3. The number of benzene rings is 2. The minimum Gasteiger partial charge on any atom is -0.318 e. The summed E-state index contributed by atoms with van der Waals surface area (Å²) in [6.07, 6.45) is -2.92. The molecule has 0 radical (unpaired) electrons. The molecule has 0 atom stereocenters. The van der Waals surface area contributed by atoms with E-state index >= 15 is 0 Å². The first-order chi connectivity index (χ1) is 16.6. The predicted molar refractivity (Wildman–Crippen MR) is 131 cm³/mol. The van der Waals surface area contributed by atoms with Gasteiger partial charge in [0.1, 0.15) is 5.04 Å². The van der Waals surface area contributed by atoms with Crippen molar-refractivity contribution in [2.45, 2.75) is 20.0 Å². The summed E-state index contributed by atoms with van der Waals surface area (Å²) in [5.74, 6) is -0.676. The van der Waals surface area contributed by atoms with Crippen LogP contribution in [-0.2, 0) is 11.0 Å². The number of amidine groups is 2. The summed E-state index contributed by atoms with van der Waals surface area (Å²) < 4.78 is 41.3. The Morgan fingerprint density at radius 2 is 1.77 bits per heavy atom. The number of aryl methyl sites for hydroxylation is 1. The number of nitrogens with one attached hydrogen (secondary N) is 1. The predicted octanol–water partition coefficient (Wildman–Crippen LogP) is 5.78. The number of hydrogen-bond donors (Lipinski definition) is 1. The first kappa shape index (κ1) is 22.9. The van der Waals surface area contributed by atoms with Crippen molar-refractivity contribution in [1.82, 2.24) is 9.58 Å². The van der Waals surface area contributed by atoms with Crippen LogP contribution in [0.2, 0.25) is 0 Å². The van der Waals surface area contributed by atoms with E-state index in [0.717, 1.165) is 17.7 Å². The molecule has 0 bridgehead atoms. The van der Waals surface area contributed by atoms with Crippen molar-refractivity contribution in [2.75, 3.05) is 0 Å². The molecule has 0 spiro atoms. The summed E-state index contributed by atoms with van der Waals surface area (Å²) in [6, 6.07) is 16.2. The average molecular weight is 494 g/mol. The van der Waals surface area contributed by atoms with Gasteiger partial charge in [-0.3, -0.25) is 10.2 Å². The van der Waals surface area contributed by atoms with Gasteiger partial charge in [0.2, 0.25) is 5.17 Å². The van der Waals surface area contributed by atoms with Crippen LogP contribution in [0, 0.1) is 19.3 Å². The number of alkyl halides is 3. The van der Waals surface area contributed by atoms with E-state index in [4.69, 9.17) is 5.41 Å². The zero-order valence-corrected chi connectivity index (χ0v) is 19.4. The molecule has 0 saturated heterocycles. The molecule has 0 fully saturated rings. The molecule has 176 valence electrons. The Balaban J connectivity index is 1.51. The number of aromatic nitrogens is 1. The summed E-state index contributed by atoms with van der Waals surface area (Å²) in [7, 11) is 0. The topological polar surface area (TPSA) is 73.8 Å². The van der Waals surface area contributed by atoms with Crippen molar-refractivity contribution in [3.05, 3.63) is 94.3 Å². The largest absolute Gasteiger partial charge is 0.416 e. The van der Waals surface area contributed by atoms with Gasteiger partial charge in [-0.2, -0.15) is 28.3 Å². The van der Waals surface area contributed by atoms with Crippen LogP contribution in [-0.4, -0.2) is 31.5 Å². The summed E-state index contributed by atoms with van der Waals surface area (Å²) in [5.41, 5.74) is 2.44. The fourth-order valence-electron chi connectivity index (χ4n) is 4.00. The third-order valence-corrected chi connectivity index (χ3v) is 6.63. The highest BCUT2D eigenvalue weighted by Gasteiger charge is 2.36. The van der Waals surface area contributed by atoms with Gasteiger partial charge in [0, 0.05) is 22.6 Å². The molecular formula is C25H18F3N5OS. The standard InChI is InChI=1S/C25H18F3N5OS/c1-14-11-17(15(2)32(14)19-10-6-9-18(13-19)25(26,27)28)12-20-21(29)33-24(30-22(20)34)35-23(31-33)16-7-4-3-5-8-16/h3-13,29H,1-2H3/b20-12+,29-21?. The van der Waals surface area contributed by atoms with Gasteiger partial charge in [0.25, 0.3) is 5.91 Å². The molecular weight excluding hydrogens is 475 g/mol. The number of hydrogen-bond acceptors (Lipinski definition) is 4. The van der Waals surface area contributed by atoms with Crippen LogP contribution in [0.3, 0.4) is 0 Å². The molecule has 3 heterocycles. The van der Waals surface area contributed by atoms with Crippen LogP contribution in [0.5, 0.6) is 0 Å². The van der Waals surface area contributed by atoms with Gasteiger partial charge in [-0.1, -0.05) is 36.4 Å². The van der Waals surface area contributed by atoms with E-state index in [1.165, 1.54) is 28.9 Å². The smallest absolute Gasteiger partial charge is 0.318 e. The molecule has 2 aromatic carbocycles. The van der Waals surface area contributed by atoms with Gasteiger partial charge in [0.05, 0.1) is 11.1 Å². The van der Waals surface area contributed by atoms with E-state index in [9.17, 15) is 18.0 Å².